The fourth-order valence-electron chi connectivity index (χ4n) is 4.54. The lowest BCUT2D eigenvalue weighted by Gasteiger charge is -2.56. The highest BCUT2D eigenvalue weighted by Gasteiger charge is 2.52. The molecule has 4 aliphatic carbocycles. The number of hydrogen-bond acceptors (Lipinski definition) is 2. The molecule has 3 N–H and O–H groups in total. The summed E-state index contributed by atoms with van der Waals surface area (Å²) in [5.41, 5.74) is 3.06. The van der Waals surface area contributed by atoms with Crippen LogP contribution in [0.1, 0.15) is 38.5 Å². The average molecular weight is 210 g/mol. The van der Waals surface area contributed by atoms with Gasteiger partial charge in [0.05, 0.1) is 4.99 Å². The van der Waals surface area contributed by atoms with Crippen LogP contribution in [0, 0.1) is 23.2 Å². The van der Waals surface area contributed by atoms with Gasteiger partial charge in [-0.25, -0.2) is 0 Å². The van der Waals surface area contributed by atoms with Gasteiger partial charge in [-0.2, -0.15) is 0 Å². The van der Waals surface area contributed by atoms with E-state index < -0.39 is 0 Å². The summed E-state index contributed by atoms with van der Waals surface area (Å²) in [6, 6.07) is 0. The van der Waals surface area contributed by atoms with E-state index >= 15 is 0 Å². The number of nitrogens with two attached hydrogens (primary N) is 1. The molecule has 4 bridgehead atoms. The minimum atomic E-state index is 0.304. The minimum Gasteiger partial charge on any atom is -0.318 e. The van der Waals surface area contributed by atoms with Crippen LogP contribution in [0.4, 0.5) is 0 Å². The Balaban J connectivity index is 1.91. The second kappa shape index (κ2) is 2.92. The molecule has 4 aliphatic rings. The molecule has 0 aromatic rings. The molecule has 4 rings (SSSR count). The number of rotatable bonds is 1. The van der Waals surface area contributed by atoms with Crippen LogP contribution < -0.4 is 11.3 Å². The highest BCUT2D eigenvalue weighted by molar-refractivity contribution is 7.80. The first-order valence-electron chi connectivity index (χ1n) is 5.73. The van der Waals surface area contributed by atoms with Crippen molar-refractivity contribution in [3.05, 3.63) is 0 Å². The molecule has 0 aromatic carbocycles. The van der Waals surface area contributed by atoms with Gasteiger partial charge in [-0.05, 0) is 56.3 Å². The van der Waals surface area contributed by atoms with E-state index in [9.17, 15) is 0 Å². The van der Waals surface area contributed by atoms with E-state index in [0.717, 1.165) is 22.7 Å². The van der Waals surface area contributed by atoms with Gasteiger partial charge in [-0.15, -0.1) is 0 Å². The molecule has 0 heterocycles. The standard InChI is InChI=1S/C11H18N2S/c12-13-10(14)11-4-7-1-8(5-11)3-9(2-7)6-11/h7-9H,1-6,12H2,(H,13,14). The van der Waals surface area contributed by atoms with Crippen LogP contribution in [0.3, 0.4) is 0 Å². The molecule has 0 spiro atoms. The molecule has 78 valence electrons. The fraction of sp³-hybridized carbons (Fsp3) is 0.909. The largest absolute Gasteiger partial charge is 0.318 e. The molecule has 0 amide bonds. The molecule has 14 heavy (non-hydrogen) atoms. The van der Waals surface area contributed by atoms with Crippen LogP contribution in [0.15, 0.2) is 0 Å². The Kier molecular flexibility index (Phi) is 1.90. The summed E-state index contributed by atoms with van der Waals surface area (Å²) < 4.78 is 0. The third kappa shape index (κ3) is 1.15. The Hall–Kier alpha value is -0.150. The maximum atomic E-state index is 5.50. The van der Waals surface area contributed by atoms with E-state index in [4.69, 9.17) is 18.1 Å². The van der Waals surface area contributed by atoms with Crippen LogP contribution >= 0.6 is 12.2 Å². The van der Waals surface area contributed by atoms with E-state index in [1.54, 1.807) is 0 Å². The van der Waals surface area contributed by atoms with Crippen LogP contribution in [-0.4, -0.2) is 4.99 Å². The van der Waals surface area contributed by atoms with Crippen molar-refractivity contribution < 1.29 is 0 Å². The van der Waals surface area contributed by atoms with Crippen LogP contribution in [0.5, 0.6) is 0 Å². The van der Waals surface area contributed by atoms with Gasteiger partial charge in [0.2, 0.25) is 0 Å². The third-order valence-electron chi connectivity index (χ3n) is 4.65. The van der Waals surface area contributed by atoms with Gasteiger partial charge >= 0.3 is 0 Å². The zero-order valence-corrected chi connectivity index (χ0v) is 9.28. The third-order valence-corrected chi connectivity index (χ3v) is 5.20. The molecule has 0 aromatic heterocycles. The van der Waals surface area contributed by atoms with E-state index in [1.807, 2.05) is 0 Å². The van der Waals surface area contributed by atoms with Crippen molar-refractivity contribution >= 4 is 17.2 Å². The summed E-state index contributed by atoms with van der Waals surface area (Å²) >= 11 is 5.41. The molecule has 3 heteroatoms. The Morgan fingerprint density at radius 2 is 1.50 bits per heavy atom. The Morgan fingerprint density at radius 1 is 1.07 bits per heavy atom. The monoisotopic (exact) mass is 210 g/mol. The van der Waals surface area contributed by atoms with Crippen molar-refractivity contribution in [2.45, 2.75) is 38.5 Å². The average Bonchev–Trinajstić information content (AvgIpc) is 2.14. The van der Waals surface area contributed by atoms with Crippen molar-refractivity contribution in [2.24, 2.45) is 29.0 Å². The molecule has 2 nitrogen and oxygen atoms in total. The zero-order valence-electron chi connectivity index (χ0n) is 8.46. The van der Waals surface area contributed by atoms with Gasteiger partial charge in [-0.3, -0.25) is 5.84 Å². The molecular formula is C11H18N2S. The first kappa shape index (κ1) is 9.10. The summed E-state index contributed by atoms with van der Waals surface area (Å²) in [6.45, 7) is 0. The van der Waals surface area contributed by atoms with Gasteiger partial charge < -0.3 is 5.43 Å². The number of hydrogen-bond donors (Lipinski definition) is 2. The van der Waals surface area contributed by atoms with E-state index in [2.05, 4.69) is 5.43 Å². The van der Waals surface area contributed by atoms with Gasteiger partial charge in [0.1, 0.15) is 0 Å². The maximum absolute atomic E-state index is 5.50. The summed E-state index contributed by atoms with van der Waals surface area (Å²) in [5, 5.41) is 0. The normalized spacial score (nSPS) is 49.4. The highest BCUT2D eigenvalue weighted by atomic mass is 32.1. The van der Waals surface area contributed by atoms with Gasteiger partial charge in [0.25, 0.3) is 0 Å². The molecule has 4 saturated carbocycles. The molecule has 0 unspecified atom stereocenters. The zero-order chi connectivity index (χ0) is 9.76. The lowest BCUT2D eigenvalue weighted by Crippen LogP contribution is -2.54. The number of hydrazine groups is 1. The van der Waals surface area contributed by atoms with Crippen LogP contribution in [-0.2, 0) is 0 Å². The molecule has 0 aliphatic heterocycles. The molecule has 0 radical (unpaired) electrons. The van der Waals surface area contributed by atoms with E-state index in [1.165, 1.54) is 38.5 Å². The first-order chi connectivity index (χ1) is 6.72. The molecular weight excluding hydrogens is 192 g/mol. The maximum Gasteiger partial charge on any atom is 0.0956 e. The second-order valence-electron chi connectivity index (χ2n) is 5.67. The molecule has 4 fully saturated rings. The van der Waals surface area contributed by atoms with E-state index in [0.29, 0.717) is 5.41 Å². The lowest BCUT2D eigenvalue weighted by molar-refractivity contribution is -0.0126. The smallest absolute Gasteiger partial charge is 0.0956 e. The van der Waals surface area contributed by atoms with Gasteiger partial charge in [-0.1, -0.05) is 12.2 Å². The van der Waals surface area contributed by atoms with Crippen molar-refractivity contribution in [1.29, 1.82) is 0 Å². The predicted molar refractivity (Wildman–Crippen MR) is 60.5 cm³/mol. The van der Waals surface area contributed by atoms with Crippen molar-refractivity contribution in [1.82, 2.24) is 5.43 Å². The van der Waals surface area contributed by atoms with Crippen LogP contribution in [0.2, 0.25) is 0 Å². The SMILES string of the molecule is NNC(=S)C12CC3CC(CC(C3)C1)C2. The first-order valence-corrected chi connectivity index (χ1v) is 6.14. The fourth-order valence-corrected chi connectivity index (χ4v) is 4.79. The number of nitrogens with one attached hydrogen (secondary N) is 1. The summed E-state index contributed by atoms with van der Waals surface area (Å²) in [6.07, 6.45) is 8.32. The quantitative estimate of drug-likeness (QED) is 0.395. The topological polar surface area (TPSA) is 38.0 Å². The Bertz CT molecular complexity index is 239. The highest BCUT2D eigenvalue weighted by Crippen LogP contribution is 2.60. The summed E-state index contributed by atoms with van der Waals surface area (Å²) in [5.74, 6) is 8.36. The van der Waals surface area contributed by atoms with Crippen molar-refractivity contribution in [2.75, 3.05) is 0 Å². The molecule has 0 atom stereocenters. The second-order valence-corrected chi connectivity index (χ2v) is 6.08. The summed E-state index contributed by atoms with van der Waals surface area (Å²) in [7, 11) is 0. The Morgan fingerprint density at radius 3 is 1.86 bits per heavy atom. The minimum absolute atomic E-state index is 0.304. The Labute approximate surface area is 90.6 Å². The van der Waals surface area contributed by atoms with Crippen LogP contribution in [0.25, 0.3) is 0 Å². The number of thiocarbonyl (C=S) groups is 1. The lowest BCUT2D eigenvalue weighted by atomic mass is 9.49. The van der Waals surface area contributed by atoms with E-state index in [-0.39, 0.29) is 0 Å². The predicted octanol–water partition coefficient (Wildman–Crippen LogP) is 1.99. The van der Waals surface area contributed by atoms with Crippen molar-refractivity contribution in [3.8, 4) is 0 Å². The summed E-state index contributed by atoms with van der Waals surface area (Å²) in [4.78, 5) is 0.941. The van der Waals surface area contributed by atoms with Gasteiger partial charge in [0.15, 0.2) is 0 Å². The van der Waals surface area contributed by atoms with Crippen molar-refractivity contribution in [3.63, 3.8) is 0 Å². The van der Waals surface area contributed by atoms with Gasteiger partial charge in [0, 0.05) is 5.41 Å². The molecule has 0 saturated heterocycles.